The van der Waals surface area contributed by atoms with Gasteiger partial charge < -0.3 is 4.90 Å². The van der Waals surface area contributed by atoms with E-state index in [1.165, 1.54) is 5.69 Å². The van der Waals surface area contributed by atoms with Crippen LogP contribution in [0.3, 0.4) is 0 Å². The summed E-state index contributed by atoms with van der Waals surface area (Å²) in [5.74, 6) is -0.277. The summed E-state index contributed by atoms with van der Waals surface area (Å²) in [6.07, 6.45) is 5.73. The van der Waals surface area contributed by atoms with Crippen molar-refractivity contribution in [2.45, 2.75) is 33.6 Å². The number of hydrogen-bond acceptors (Lipinski definition) is 4. The molecule has 0 saturated carbocycles. The molecule has 0 atom stereocenters. The lowest BCUT2D eigenvalue weighted by molar-refractivity contribution is 0.0948. The Hall–Kier alpha value is -3.15. The van der Waals surface area contributed by atoms with Crippen molar-refractivity contribution in [3.63, 3.8) is 0 Å². The predicted molar refractivity (Wildman–Crippen MR) is 114 cm³/mol. The number of hydrogen-bond donors (Lipinski definition) is 1. The minimum absolute atomic E-state index is 0.277. The molecular weight excluding hydrogens is 350 g/mol. The van der Waals surface area contributed by atoms with Crippen molar-refractivity contribution in [3.8, 4) is 0 Å². The highest BCUT2D eigenvalue weighted by atomic mass is 16.2. The Balaban J connectivity index is 1.67. The molecule has 0 aliphatic carbocycles. The Bertz CT molecular complexity index is 953. The summed E-state index contributed by atoms with van der Waals surface area (Å²) in [6.45, 7) is 8.31. The van der Waals surface area contributed by atoms with E-state index in [1.807, 2.05) is 43.5 Å². The zero-order chi connectivity index (χ0) is 19.9. The van der Waals surface area contributed by atoms with Crippen LogP contribution in [0.4, 0.5) is 5.69 Å². The Morgan fingerprint density at radius 3 is 2.54 bits per heavy atom. The van der Waals surface area contributed by atoms with E-state index >= 15 is 0 Å². The fourth-order valence-electron chi connectivity index (χ4n) is 3.29. The standard InChI is InChI=1S/C22H27N5O/c1-4-13-26(14-5-2)19-11-9-18(10-12-19)16-23-25-22(28)21-17(3)24-20-8-6-7-15-27(20)21/h6-12,15-16H,4-5,13-14H2,1-3H3,(H,25,28)/b23-16-. The van der Waals surface area contributed by atoms with Crippen LogP contribution < -0.4 is 10.3 Å². The fourth-order valence-corrected chi connectivity index (χ4v) is 3.29. The van der Waals surface area contributed by atoms with Crippen LogP contribution in [0.2, 0.25) is 0 Å². The molecule has 146 valence electrons. The maximum Gasteiger partial charge on any atom is 0.290 e. The molecule has 2 heterocycles. The number of nitrogens with one attached hydrogen (secondary N) is 1. The first-order valence-corrected chi connectivity index (χ1v) is 9.76. The van der Waals surface area contributed by atoms with Gasteiger partial charge in [-0.15, -0.1) is 0 Å². The first kappa shape index (κ1) is 19.6. The first-order chi connectivity index (χ1) is 13.6. The second-order valence-electron chi connectivity index (χ2n) is 6.75. The van der Waals surface area contributed by atoms with Crippen LogP contribution >= 0.6 is 0 Å². The Morgan fingerprint density at radius 2 is 1.86 bits per heavy atom. The number of carbonyl (C=O) groups excluding carboxylic acids is 1. The molecule has 0 fully saturated rings. The first-order valence-electron chi connectivity index (χ1n) is 9.76. The van der Waals surface area contributed by atoms with Crippen LogP contribution in [-0.2, 0) is 0 Å². The molecule has 0 aliphatic rings. The second kappa shape index (κ2) is 9.17. The number of aryl methyl sites for hydroxylation is 1. The summed E-state index contributed by atoms with van der Waals surface area (Å²) in [5.41, 5.74) is 6.67. The van der Waals surface area contributed by atoms with E-state index in [2.05, 4.69) is 46.4 Å². The Kier molecular flexibility index (Phi) is 6.42. The lowest BCUT2D eigenvalue weighted by atomic mass is 10.2. The van der Waals surface area contributed by atoms with Gasteiger partial charge >= 0.3 is 0 Å². The molecule has 6 heteroatoms. The molecule has 6 nitrogen and oxygen atoms in total. The van der Waals surface area contributed by atoms with Crippen molar-refractivity contribution < 1.29 is 4.79 Å². The van der Waals surface area contributed by atoms with Crippen molar-refractivity contribution in [3.05, 3.63) is 65.6 Å². The number of imidazole rings is 1. The number of anilines is 1. The smallest absolute Gasteiger partial charge is 0.290 e. The lowest BCUT2D eigenvalue weighted by Crippen LogP contribution is -2.24. The molecule has 0 unspecified atom stereocenters. The fraction of sp³-hybridized carbons (Fsp3) is 0.318. The summed E-state index contributed by atoms with van der Waals surface area (Å²) in [4.78, 5) is 19.3. The van der Waals surface area contributed by atoms with Crippen LogP contribution in [0, 0.1) is 6.92 Å². The average molecular weight is 377 g/mol. The number of carbonyl (C=O) groups is 1. The molecule has 0 radical (unpaired) electrons. The molecule has 0 saturated heterocycles. The quantitative estimate of drug-likeness (QED) is 0.476. The zero-order valence-electron chi connectivity index (χ0n) is 16.7. The number of aromatic nitrogens is 2. The summed E-state index contributed by atoms with van der Waals surface area (Å²) in [7, 11) is 0. The average Bonchev–Trinajstić information content (AvgIpc) is 3.04. The minimum atomic E-state index is -0.277. The maximum atomic E-state index is 12.5. The topological polar surface area (TPSA) is 62.0 Å². The van der Waals surface area contributed by atoms with Gasteiger partial charge in [0, 0.05) is 25.0 Å². The summed E-state index contributed by atoms with van der Waals surface area (Å²) >= 11 is 0. The number of fused-ring (bicyclic) bond motifs is 1. The van der Waals surface area contributed by atoms with Crippen LogP contribution in [0.5, 0.6) is 0 Å². The molecule has 2 aromatic heterocycles. The van der Waals surface area contributed by atoms with Crippen molar-refractivity contribution in [2.75, 3.05) is 18.0 Å². The van der Waals surface area contributed by atoms with Gasteiger partial charge in [-0.1, -0.05) is 32.0 Å². The molecular formula is C22H27N5O. The van der Waals surface area contributed by atoms with Crippen molar-refractivity contribution >= 4 is 23.5 Å². The molecule has 1 aromatic carbocycles. The van der Waals surface area contributed by atoms with Gasteiger partial charge in [-0.05, 0) is 49.6 Å². The summed E-state index contributed by atoms with van der Waals surface area (Å²) in [5, 5.41) is 4.11. The molecule has 3 aromatic rings. The third kappa shape index (κ3) is 4.39. The zero-order valence-corrected chi connectivity index (χ0v) is 16.7. The van der Waals surface area contributed by atoms with Gasteiger partial charge in [-0.25, -0.2) is 10.4 Å². The van der Waals surface area contributed by atoms with E-state index < -0.39 is 0 Å². The number of benzene rings is 1. The SMILES string of the molecule is CCCN(CCC)c1ccc(/C=N\NC(=O)c2c(C)nc3ccccn23)cc1. The van der Waals surface area contributed by atoms with E-state index in [4.69, 9.17) is 0 Å². The highest BCUT2D eigenvalue weighted by molar-refractivity contribution is 5.95. The summed E-state index contributed by atoms with van der Waals surface area (Å²) in [6, 6.07) is 13.9. The van der Waals surface area contributed by atoms with Gasteiger partial charge in [0.2, 0.25) is 0 Å². The Labute approximate surface area is 165 Å². The van der Waals surface area contributed by atoms with E-state index in [0.29, 0.717) is 11.4 Å². The van der Waals surface area contributed by atoms with Crippen molar-refractivity contribution in [1.29, 1.82) is 0 Å². The van der Waals surface area contributed by atoms with E-state index in [9.17, 15) is 4.79 Å². The normalized spacial score (nSPS) is 11.2. The molecule has 28 heavy (non-hydrogen) atoms. The summed E-state index contributed by atoms with van der Waals surface area (Å²) < 4.78 is 1.77. The number of pyridine rings is 1. The third-order valence-corrected chi connectivity index (χ3v) is 4.54. The minimum Gasteiger partial charge on any atom is -0.372 e. The number of rotatable bonds is 8. The van der Waals surface area contributed by atoms with Crippen LogP contribution in [0.25, 0.3) is 5.65 Å². The van der Waals surface area contributed by atoms with Crippen molar-refractivity contribution in [2.24, 2.45) is 5.10 Å². The second-order valence-corrected chi connectivity index (χ2v) is 6.75. The third-order valence-electron chi connectivity index (χ3n) is 4.54. The molecule has 0 bridgehead atoms. The van der Waals surface area contributed by atoms with Gasteiger partial charge in [0.25, 0.3) is 5.91 Å². The van der Waals surface area contributed by atoms with Gasteiger partial charge in [-0.2, -0.15) is 5.10 Å². The molecule has 1 N–H and O–H groups in total. The number of nitrogens with zero attached hydrogens (tertiary/aromatic N) is 4. The van der Waals surface area contributed by atoms with Gasteiger partial charge in [0.1, 0.15) is 11.3 Å². The van der Waals surface area contributed by atoms with E-state index in [1.54, 1.807) is 10.6 Å². The largest absolute Gasteiger partial charge is 0.372 e. The number of amides is 1. The van der Waals surface area contributed by atoms with Gasteiger partial charge in [-0.3, -0.25) is 9.20 Å². The van der Waals surface area contributed by atoms with Crippen LogP contribution in [0.15, 0.2) is 53.8 Å². The lowest BCUT2D eigenvalue weighted by Gasteiger charge is -2.23. The number of hydrazone groups is 1. The van der Waals surface area contributed by atoms with E-state index in [-0.39, 0.29) is 5.91 Å². The van der Waals surface area contributed by atoms with Gasteiger partial charge in [0.15, 0.2) is 0 Å². The molecule has 3 rings (SSSR count). The van der Waals surface area contributed by atoms with Gasteiger partial charge in [0.05, 0.1) is 11.9 Å². The predicted octanol–water partition coefficient (Wildman–Crippen LogP) is 4.03. The molecule has 0 aliphatic heterocycles. The highest BCUT2D eigenvalue weighted by Gasteiger charge is 2.15. The molecule has 1 amide bonds. The van der Waals surface area contributed by atoms with Crippen LogP contribution in [-0.4, -0.2) is 34.6 Å². The molecule has 0 spiro atoms. The van der Waals surface area contributed by atoms with Crippen molar-refractivity contribution in [1.82, 2.24) is 14.8 Å². The Morgan fingerprint density at radius 1 is 1.14 bits per heavy atom. The van der Waals surface area contributed by atoms with Crippen LogP contribution in [0.1, 0.15) is 48.4 Å². The maximum absolute atomic E-state index is 12.5. The highest BCUT2D eigenvalue weighted by Crippen LogP contribution is 2.16. The van der Waals surface area contributed by atoms with E-state index in [0.717, 1.165) is 37.1 Å². The monoisotopic (exact) mass is 377 g/mol.